The fourth-order valence-electron chi connectivity index (χ4n) is 2.17. The third-order valence-electron chi connectivity index (χ3n) is 3.31. The number of anilines is 1. The fraction of sp³-hybridized carbons (Fsp3) is 0.308. The van der Waals surface area contributed by atoms with Crippen molar-refractivity contribution in [3.05, 3.63) is 35.5 Å². The highest BCUT2D eigenvalue weighted by Gasteiger charge is 2.25. The second kappa shape index (κ2) is 4.84. The van der Waals surface area contributed by atoms with Gasteiger partial charge >= 0.3 is 0 Å². The quantitative estimate of drug-likeness (QED) is 0.853. The maximum Gasteiger partial charge on any atom is 0.293 e. The number of rotatable bonds is 2. The molecule has 0 radical (unpaired) electrons. The van der Waals surface area contributed by atoms with Gasteiger partial charge in [-0.25, -0.2) is 0 Å². The van der Waals surface area contributed by atoms with E-state index in [-0.39, 0.29) is 17.6 Å². The molecule has 0 atom stereocenters. The SMILES string of the molecule is CN(C(=O)c1cc2c(o1)CCCNC2=O)c1cn[nH]c1. The summed E-state index contributed by atoms with van der Waals surface area (Å²) in [5.41, 5.74) is 1.08. The summed E-state index contributed by atoms with van der Waals surface area (Å²) in [6.07, 6.45) is 4.60. The van der Waals surface area contributed by atoms with Crippen LogP contribution in [0.4, 0.5) is 5.69 Å². The zero-order valence-corrected chi connectivity index (χ0v) is 11.0. The molecule has 0 saturated heterocycles. The lowest BCUT2D eigenvalue weighted by molar-refractivity contribution is 0.0951. The van der Waals surface area contributed by atoms with Crippen LogP contribution >= 0.6 is 0 Å². The maximum absolute atomic E-state index is 12.3. The van der Waals surface area contributed by atoms with Crippen molar-refractivity contribution in [2.24, 2.45) is 0 Å². The standard InChI is InChI=1S/C13H14N4O3/c1-17(8-6-15-16-7-8)13(19)11-5-9-10(20-11)3-2-4-14-12(9)18/h5-7H,2-4H2,1H3,(H,14,18)(H,15,16). The van der Waals surface area contributed by atoms with Crippen LogP contribution in [0.1, 0.15) is 33.1 Å². The van der Waals surface area contributed by atoms with Crippen molar-refractivity contribution < 1.29 is 14.0 Å². The van der Waals surface area contributed by atoms with E-state index in [1.807, 2.05) is 0 Å². The molecule has 2 N–H and O–H groups in total. The summed E-state index contributed by atoms with van der Waals surface area (Å²) in [5.74, 6) is 0.234. The highest BCUT2D eigenvalue weighted by Crippen LogP contribution is 2.22. The molecule has 2 amide bonds. The van der Waals surface area contributed by atoms with Gasteiger partial charge in [-0.3, -0.25) is 14.7 Å². The van der Waals surface area contributed by atoms with Gasteiger partial charge in [0.1, 0.15) is 5.76 Å². The first-order valence-corrected chi connectivity index (χ1v) is 6.34. The Morgan fingerprint density at radius 2 is 2.35 bits per heavy atom. The van der Waals surface area contributed by atoms with Gasteiger partial charge in [0.05, 0.1) is 17.4 Å². The third-order valence-corrected chi connectivity index (χ3v) is 3.31. The molecule has 0 aromatic carbocycles. The van der Waals surface area contributed by atoms with Crippen molar-refractivity contribution >= 4 is 17.5 Å². The average molecular weight is 274 g/mol. The monoisotopic (exact) mass is 274 g/mol. The molecule has 104 valence electrons. The van der Waals surface area contributed by atoms with Gasteiger partial charge in [-0.05, 0) is 6.42 Å². The molecule has 0 fully saturated rings. The molecule has 3 rings (SSSR count). The van der Waals surface area contributed by atoms with Gasteiger partial charge in [-0.15, -0.1) is 0 Å². The molecule has 0 aliphatic carbocycles. The number of carbonyl (C=O) groups is 2. The Kier molecular flexibility index (Phi) is 3.02. The van der Waals surface area contributed by atoms with Crippen molar-refractivity contribution in [1.82, 2.24) is 15.5 Å². The van der Waals surface area contributed by atoms with Crippen molar-refractivity contribution in [3.8, 4) is 0 Å². The van der Waals surface area contributed by atoms with Gasteiger partial charge in [0, 0.05) is 32.3 Å². The molecule has 1 aliphatic heterocycles. The summed E-state index contributed by atoms with van der Waals surface area (Å²) in [6.45, 7) is 0.626. The van der Waals surface area contributed by atoms with Crippen LogP contribution in [0.25, 0.3) is 0 Å². The molecular formula is C13H14N4O3. The van der Waals surface area contributed by atoms with Gasteiger partial charge in [-0.1, -0.05) is 0 Å². The number of amides is 2. The summed E-state index contributed by atoms with van der Waals surface area (Å²) >= 11 is 0. The van der Waals surface area contributed by atoms with Crippen molar-refractivity contribution in [1.29, 1.82) is 0 Å². The van der Waals surface area contributed by atoms with Crippen molar-refractivity contribution in [2.75, 3.05) is 18.5 Å². The number of aromatic amines is 1. The Bertz CT molecular complexity index is 645. The minimum Gasteiger partial charge on any atom is -0.455 e. The largest absolute Gasteiger partial charge is 0.455 e. The first kappa shape index (κ1) is 12.5. The van der Waals surface area contributed by atoms with Crippen LogP contribution in [0.15, 0.2) is 22.9 Å². The zero-order valence-electron chi connectivity index (χ0n) is 11.0. The minimum atomic E-state index is -0.313. The molecule has 0 bridgehead atoms. The zero-order chi connectivity index (χ0) is 14.1. The smallest absolute Gasteiger partial charge is 0.293 e. The Morgan fingerprint density at radius 3 is 3.10 bits per heavy atom. The summed E-state index contributed by atoms with van der Waals surface area (Å²) in [7, 11) is 1.63. The molecule has 3 heterocycles. The van der Waals surface area contributed by atoms with Gasteiger partial charge in [0.2, 0.25) is 0 Å². The van der Waals surface area contributed by atoms with Gasteiger partial charge in [-0.2, -0.15) is 5.10 Å². The topological polar surface area (TPSA) is 91.2 Å². The normalized spacial score (nSPS) is 14.3. The number of aromatic nitrogens is 2. The Morgan fingerprint density at radius 1 is 1.50 bits per heavy atom. The molecule has 7 nitrogen and oxygen atoms in total. The van der Waals surface area contributed by atoms with E-state index < -0.39 is 0 Å². The number of hydrogen-bond acceptors (Lipinski definition) is 4. The van der Waals surface area contributed by atoms with Crippen LogP contribution in [0.2, 0.25) is 0 Å². The van der Waals surface area contributed by atoms with Gasteiger partial charge in [0.25, 0.3) is 11.8 Å². The minimum absolute atomic E-state index is 0.163. The van der Waals surface area contributed by atoms with Gasteiger partial charge < -0.3 is 14.6 Å². The van der Waals surface area contributed by atoms with Crippen molar-refractivity contribution in [2.45, 2.75) is 12.8 Å². The van der Waals surface area contributed by atoms with E-state index in [0.29, 0.717) is 30.0 Å². The number of aryl methyl sites for hydroxylation is 1. The molecule has 2 aromatic rings. The number of furan rings is 1. The second-order valence-corrected chi connectivity index (χ2v) is 4.63. The first-order valence-electron chi connectivity index (χ1n) is 6.34. The van der Waals surface area contributed by atoms with Crippen LogP contribution in [0, 0.1) is 0 Å². The number of H-pyrrole nitrogens is 1. The Balaban J connectivity index is 1.90. The molecular weight excluding hydrogens is 260 g/mol. The summed E-state index contributed by atoms with van der Waals surface area (Å²) in [5, 5.41) is 9.21. The average Bonchev–Trinajstić information content (AvgIpc) is 3.08. The van der Waals surface area contributed by atoms with Crippen LogP contribution < -0.4 is 10.2 Å². The fourth-order valence-corrected chi connectivity index (χ4v) is 2.17. The molecule has 20 heavy (non-hydrogen) atoms. The number of carbonyl (C=O) groups excluding carboxylic acids is 2. The molecule has 0 saturated carbocycles. The van der Waals surface area contributed by atoms with Crippen LogP contribution in [0.3, 0.4) is 0 Å². The number of nitrogens with zero attached hydrogens (tertiary/aromatic N) is 2. The molecule has 2 aromatic heterocycles. The highest BCUT2D eigenvalue weighted by atomic mass is 16.4. The lowest BCUT2D eigenvalue weighted by Crippen LogP contribution is -2.25. The number of nitrogens with one attached hydrogen (secondary N) is 2. The third kappa shape index (κ3) is 2.07. The van der Waals surface area contributed by atoms with E-state index in [0.717, 1.165) is 6.42 Å². The van der Waals surface area contributed by atoms with Crippen LogP contribution in [-0.2, 0) is 6.42 Å². The molecule has 1 aliphatic rings. The summed E-state index contributed by atoms with van der Waals surface area (Å²) < 4.78 is 5.55. The van der Waals surface area contributed by atoms with E-state index in [9.17, 15) is 9.59 Å². The van der Waals surface area contributed by atoms with Gasteiger partial charge in [0.15, 0.2) is 5.76 Å². The Hall–Kier alpha value is -2.57. The molecule has 0 spiro atoms. The van der Waals surface area contributed by atoms with E-state index in [2.05, 4.69) is 15.5 Å². The number of fused-ring (bicyclic) bond motifs is 1. The first-order chi connectivity index (χ1) is 9.66. The Labute approximate surface area is 114 Å². The lowest BCUT2D eigenvalue weighted by atomic mass is 10.2. The van der Waals surface area contributed by atoms with E-state index in [4.69, 9.17) is 4.42 Å². The van der Waals surface area contributed by atoms with Crippen LogP contribution in [0.5, 0.6) is 0 Å². The second-order valence-electron chi connectivity index (χ2n) is 4.63. The van der Waals surface area contributed by atoms with E-state index in [1.165, 1.54) is 11.0 Å². The summed E-state index contributed by atoms with van der Waals surface area (Å²) in [6, 6.07) is 1.51. The summed E-state index contributed by atoms with van der Waals surface area (Å²) in [4.78, 5) is 25.6. The number of hydrogen-bond donors (Lipinski definition) is 2. The molecule has 7 heteroatoms. The maximum atomic E-state index is 12.3. The molecule has 0 unspecified atom stereocenters. The van der Waals surface area contributed by atoms with E-state index in [1.54, 1.807) is 19.4 Å². The van der Waals surface area contributed by atoms with Crippen molar-refractivity contribution in [3.63, 3.8) is 0 Å². The predicted molar refractivity (Wildman–Crippen MR) is 70.7 cm³/mol. The lowest BCUT2D eigenvalue weighted by Gasteiger charge is -2.12. The van der Waals surface area contributed by atoms with E-state index >= 15 is 0 Å². The van der Waals surface area contributed by atoms with Crippen LogP contribution in [-0.4, -0.2) is 35.6 Å². The highest BCUT2D eigenvalue weighted by molar-refractivity contribution is 6.06. The predicted octanol–water partition coefficient (Wildman–Crippen LogP) is 0.955.